The molecular weight excluding hydrogens is 351 g/mol. The summed E-state index contributed by atoms with van der Waals surface area (Å²) < 4.78 is 0. The van der Waals surface area contributed by atoms with Crippen LogP contribution < -0.4 is 16.0 Å². The molecule has 0 saturated heterocycles. The molecule has 1 aromatic heterocycles. The van der Waals surface area contributed by atoms with Crippen LogP contribution in [0.15, 0.2) is 36.5 Å². The molecule has 3 amide bonds. The van der Waals surface area contributed by atoms with E-state index in [1.165, 1.54) is 6.20 Å². The molecule has 6 nitrogen and oxygen atoms in total. The predicted octanol–water partition coefficient (Wildman–Crippen LogP) is 3.92. The number of pyridine rings is 1. The fourth-order valence-corrected chi connectivity index (χ4v) is 2.62. The monoisotopic (exact) mass is 364 g/mol. The zero-order valence-corrected chi connectivity index (χ0v) is 14.0. The highest BCUT2D eigenvalue weighted by Gasteiger charge is 2.23. The molecule has 0 atom stereocenters. The first-order valence-corrected chi connectivity index (χ1v) is 8.07. The first-order chi connectivity index (χ1) is 11.5. The number of rotatable bonds is 4. The highest BCUT2D eigenvalue weighted by atomic mass is 35.5. The Balaban J connectivity index is 1.69. The molecule has 0 bridgehead atoms. The van der Waals surface area contributed by atoms with Crippen LogP contribution in [0, 0.1) is 0 Å². The zero-order chi connectivity index (χ0) is 17.1. The number of aromatic nitrogens is 1. The zero-order valence-electron chi connectivity index (χ0n) is 12.5. The lowest BCUT2D eigenvalue weighted by atomic mass is 10.2. The second-order valence-corrected chi connectivity index (χ2v) is 6.17. The van der Waals surface area contributed by atoms with Gasteiger partial charge >= 0.3 is 6.03 Å². The van der Waals surface area contributed by atoms with Crippen LogP contribution in [-0.2, 0) is 0 Å². The molecule has 1 fully saturated rings. The maximum absolute atomic E-state index is 12.3. The van der Waals surface area contributed by atoms with Gasteiger partial charge in [0.05, 0.1) is 15.6 Å². The van der Waals surface area contributed by atoms with Crippen LogP contribution in [0.1, 0.15) is 23.2 Å². The van der Waals surface area contributed by atoms with Gasteiger partial charge in [0.25, 0.3) is 5.91 Å². The number of carbonyl (C=O) groups excluding carboxylic acids is 2. The van der Waals surface area contributed by atoms with Gasteiger partial charge in [-0.25, -0.2) is 9.78 Å². The Morgan fingerprint density at radius 3 is 2.46 bits per heavy atom. The Morgan fingerprint density at radius 2 is 1.79 bits per heavy atom. The van der Waals surface area contributed by atoms with E-state index in [9.17, 15) is 9.59 Å². The summed E-state index contributed by atoms with van der Waals surface area (Å²) >= 11 is 12.0. The topological polar surface area (TPSA) is 83.1 Å². The van der Waals surface area contributed by atoms with E-state index in [1.54, 1.807) is 30.3 Å². The highest BCUT2D eigenvalue weighted by molar-refractivity contribution is 6.40. The average molecular weight is 365 g/mol. The number of nitrogens with one attached hydrogen (secondary N) is 3. The second kappa shape index (κ2) is 7.07. The molecule has 0 spiro atoms. The number of urea groups is 1. The number of benzene rings is 1. The van der Waals surface area contributed by atoms with E-state index in [0.717, 1.165) is 12.8 Å². The highest BCUT2D eigenvalue weighted by Crippen LogP contribution is 2.25. The summed E-state index contributed by atoms with van der Waals surface area (Å²) in [6.07, 6.45) is 3.47. The minimum atomic E-state index is -0.440. The van der Waals surface area contributed by atoms with Gasteiger partial charge in [0.15, 0.2) is 0 Å². The lowest BCUT2D eigenvalue weighted by molar-refractivity contribution is 0.102. The third-order valence-corrected chi connectivity index (χ3v) is 3.99. The Labute approximate surface area is 148 Å². The minimum absolute atomic E-state index is 0.193. The molecule has 124 valence electrons. The molecule has 1 aliphatic carbocycles. The number of hydrogen-bond donors (Lipinski definition) is 3. The fraction of sp³-hybridized carbons (Fsp3) is 0.188. The van der Waals surface area contributed by atoms with E-state index >= 15 is 0 Å². The summed E-state index contributed by atoms with van der Waals surface area (Å²) in [6, 6.07) is 7.92. The number of carbonyl (C=O) groups is 2. The molecule has 0 aliphatic heterocycles. The van der Waals surface area contributed by atoms with E-state index in [0.29, 0.717) is 11.5 Å². The van der Waals surface area contributed by atoms with Crippen molar-refractivity contribution in [1.82, 2.24) is 10.3 Å². The van der Waals surface area contributed by atoms with Gasteiger partial charge in [-0.15, -0.1) is 0 Å². The largest absolute Gasteiger partial charge is 0.335 e. The third-order valence-electron chi connectivity index (χ3n) is 3.36. The van der Waals surface area contributed by atoms with Crippen molar-refractivity contribution in [3.05, 3.63) is 52.1 Å². The molecule has 24 heavy (non-hydrogen) atoms. The van der Waals surface area contributed by atoms with Crippen LogP contribution in [0.25, 0.3) is 0 Å². The van der Waals surface area contributed by atoms with E-state index in [1.807, 2.05) is 0 Å². The molecule has 0 unspecified atom stereocenters. The Bertz CT molecular complexity index is 773. The molecule has 1 saturated carbocycles. The van der Waals surface area contributed by atoms with Crippen LogP contribution in [0.4, 0.5) is 16.3 Å². The van der Waals surface area contributed by atoms with E-state index in [-0.39, 0.29) is 27.7 Å². The number of anilines is 2. The Hall–Kier alpha value is -2.31. The quantitative estimate of drug-likeness (QED) is 0.768. The van der Waals surface area contributed by atoms with Gasteiger partial charge in [-0.3, -0.25) is 10.1 Å². The van der Waals surface area contributed by atoms with Crippen LogP contribution >= 0.6 is 23.2 Å². The van der Waals surface area contributed by atoms with Gasteiger partial charge in [-0.1, -0.05) is 29.3 Å². The van der Waals surface area contributed by atoms with E-state index in [4.69, 9.17) is 23.2 Å². The lowest BCUT2D eigenvalue weighted by Crippen LogP contribution is -2.30. The first kappa shape index (κ1) is 16.5. The fourth-order valence-electron chi connectivity index (χ4n) is 2.05. The van der Waals surface area contributed by atoms with Gasteiger partial charge in [-0.2, -0.15) is 0 Å². The summed E-state index contributed by atoms with van der Waals surface area (Å²) in [5.74, 6) is -0.110. The third kappa shape index (κ3) is 4.15. The van der Waals surface area contributed by atoms with Crippen molar-refractivity contribution in [2.75, 3.05) is 10.6 Å². The molecule has 2 aromatic rings. The predicted molar refractivity (Wildman–Crippen MR) is 93.8 cm³/mol. The Morgan fingerprint density at radius 1 is 1.08 bits per heavy atom. The van der Waals surface area contributed by atoms with Crippen molar-refractivity contribution in [3.63, 3.8) is 0 Å². The molecule has 1 aromatic carbocycles. The molecule has 3 N–H and O–H groups in total. The Kier molecular flexibility index (Phi) is 4.87. The number of hydrogen-bond acceptors (Lipinski definition) is 3. The van der Waals surface area contributed by atoms with Crippen molar-refractivity contribution in [2.45, 2.75) is 18.9 Å². The van der Waals surface area contributed by atoms with Crippen molar-refractivity contribution >= 4 is 46.6 Å². The van der Waals surface area contributed by atoms with Crippen LogP contribution in [-0.4, -0.2) is 23.0 Å². The molecular formula is C16H14Cl2N4O2. The maximum atomic E-state index is 12.3. The molecule has 1 aliphatic rings. The minimum Gasteiger partial charge on any atom is -0.335 e. The average Bonchev–Trinajstić information content (AvgIpc) is 3.31. The number of nitrogens with zero attached hydrogens (tertiary/aromatic N) is 1. The van der Waals surface area contributed by atoms with Gasteiger partial charge in [0.2, 0.25) is 0 Å². The SMILES string of the molecule is O=C(Nc1cc(NC(=O)c2c(Cl)cccc2Cl)ccn1)NC1CC1. The summed E-state index contributed by atoms with van der Waals surface area (Å²) in [5.41, 5.74) is 0.659. The van der Waals surface area contributed by atoms with E-state index < -0.39 is 5.91 Å². The van der Waals surface area contributed by atoms with E-state index in [2.05, 4.69) is 20.9 Å². The summed E-state index contributed by atoms with van der Waals surface area (Å²) in [5, 5.41) is 8.62. The molecule has 3 rings (SSSR count). The smallest absolute Gasteiger partial charge is 0.320 e. The number of amides is 3. The van der Waals surface area contributed by atoms with Crippen molar-refractivity contribution in [2.24, 2.45) is 0 Å². The summed E-state index contributed by atoms with van der Waals surface area (Å²) in [6.45, 7) is 0. The van der Waals surface area contributed by atoms with Crippen molar-refractivity contribution < 1.29 is 9.59 Å². The van der Waals surface area contributed by atoms with Crippen LogP contribution in [0.3, 0.4) is 0 Å². The molecule has 8 heteroatoms. The first-order valence-electron chi connectivity index (χ1n) is 7.32. The molecule has 0 radical (unpaired) electrons. The standard InChI is InChI=1S/C16H14Cl2N4O2/c17-11-2-1-3-12(18)14(11)15(23)20-10-6-7-19-13(8-10)22-16(24)21-9-4-5-9/h1-3,6-9H,4-5H2,(H3,19,20,21,22,23,24). The normalized spacial score (nSPS) is 13.2. The van der Waals surface area contributed by atoms with Crippen LogP contribution in [0.2, 0.25) is 10.0 Å². The van der Waals surface area contributed by atoms with Gasteiger partial charge < -0.3 is 10.6 Å². The molecule has 1 heterocycles. The number of halogens is 2. The summed E-state index contributed by atoms with van der Waals surface area (Å²) in [7, 11) is 0. The summed E-state index contributed by atoms with van der Waals surface area (Å²) in [4.78, 5) is 28.1. The maximum Gasteiger partial charge on any atom is 0.320 e. The second-order valence-electron chi connectivity index (χ2n) is 5.35. The van der Waals surface area contributed by atoms with Gasteiger partial charge in [0.1, 0.15) is 5.82 Å². The van der Waals surface area contributed by atoms with Gasteiger partial charge in [-0.05, 0) is 31.0 Å². The van der Waals surface area contributed by atoms with Crippen molar-refractivity contribution in [3.8, 4) is 0 Å². The van der Waals surface area contributed by atoms with Gasteiger partial charge in [0, 0.05) is 24.0 Å². The lowest BCUT2D eigenvalue weighted by Gasteiger charge is -2.10. The van der Waals surface area contributed by atoms with Crippen molar-refractivity contribution in [1.29, 1.82) is 0 Å². The van der Waals surface area contributed by atoms with Crippen LogP contribution in [0.5, 0.6) is 0 Å².